The molecule has 2 unspecified atom stereocenters. The van der Waals surface area contributed by atoms with Crippen LogP contribution >= 0.6 is 11.8 Å². The lowest BCUT2D eigenvalue weighted by Gasteiger charge is -2.34. The van der Waals surface area contributed by atoms with Gasteiger partial charge >= 0.3 is 0 Å². The fourth-order valence-electron chi connectivity index (χ4n) is 3.23. The highest BCUT2D eigenvalue weighted by Crippen LogP contribution is 2.24. The molecule has 5 nitrogen and oxygen atoms in total. The van der Waals surface area contributed by atoms with E-state index in [9.17, 15) is 0 Å². The Hall–Kier alpha value is -1.27. The molecule has 1 saturated carbocycles. The van der Waals surface area contributed by atoms with Crippen molar-refractivity contribution >= 4 is 23.6 Å². The second-order valence-corrected chi connectivity index (χ2v) is 7.33. The summed E-state index contributed by atoms with van der Waals surface area (Å²) in [7, 11) is 0. The lowest BCUT2D eigenvalue weighted by molar-refractivity contribution is 0.322. The Kier molecular flexibility index (Phi) is 6.16. The lowest BCUT2D eigenvalue weighted by Crippen LogP contribution is -2.58. The molecule has 0 aromatic rings. The molecule has 3 N–H and O–H groups in total. The molecule has 23 heavy (non-hydrogen) atoms. The van der Waals surface area contributed by atoms with Crippen molar-refractivity contribution in [3.05, 3.63) is 24.3 Å². The van der Waals surface area contributed by atoms with Crippen LogP contribution in [0.1, 0.15) is 25.7 Å². The van der Waals surface area contributed by atoms with Crippen LogP contribution in [0, 0.1) is 5.92 Å². The van der Waals surface area contributed by atoms with Gasteiger partial charge in [0.2, 0.25) is 0 Å². The summed E-state index contributed by atoms with van der Waals surface area (Å²) in [6.07, 6.45) is 13.6. The van der Waals surface area contributed by atoms with Crippen LogP contribution in [0.25, 0.3) is 0 Å². The van der Waals surface area contributed by atoms with Gasteiger partial charge in [-0.05, 0) is 12.8 Å². The summed E-state index contributed by atoms with van der Waals surface area (Å²) < 4.78 is 0. The van der Waals surface area contributed by atoms with Gasteiger partial charge in [0.15, 0.2) is 5.96 Å². The minimum absolute atomic E-state index is 0.233. The van der Waals surface area contributed by atoms with Crippen LogP contribution in [0.4, 0.5) is 0 Å². The number of thioether (sulfide) groups is 1. The maximum atomic E-state index is 8.80. The Balaban J connectivity index is 1.65. The van der Waals surface area contributed by atoms with Gasteiger partial charge in [0.05, 0.1) is 31.2 Å². The number of allylic oxidation sites excluding steroid dienone is 2. The number of hydrogen-bond donors (Lipinski definition) is 3. The van der Waals surface area contributed by atoms with Crippen molar-refractivity contribution in [2.75, 3.05) is 24.7 Å². The van der Waals surface area contributed by atoms with E-state index in [0.717, 1.165) is 29.8 Å². The molecule has 2 atom stereocenters. The zero-order valence-electron chi connectivity index (χ0n) is 13.4. The average Bonchev–Trinajstić information content (AvgIpc) is 3.08. The molecule has 0 amide bonds. The molecule has 0 radical (unpaired) electrons. The molecule has 3 aliphatic rings. The van der Waals surface area contributed by atoms with Crippen LogP contribution in [-0.2, 0) is 0 Å². The first-order chi connectivity index (χ1) is 11.4. The molecule has 1 aliphatic heterocycles. The molecule has 2 aliphatic carbocycles. The van der Waals surface area contributed by atoms with Gasteiger partial charge in [-0.3, -0.25) is 9.98 Å². The maximum Gasteiger partial charge on any atom is 0.197 e. The Morgan fingerprint density at radius 1 is 1.17 bits per heavy atom. The van der Waals surface area contributed by atoms with Crippen LogP contribution in [0.15, 0.2) is 34.3 Å². The quantitative estimate of drug-likeness (QED) is 0.647. The van der Waals surface area contributed by atoms with E-state index in [1.54, 1.807) is 11.8 Å². The zero-order valence-corrected chi connectivity index (χ0v) is 14.3. The van der Waals surface area contributed by atoms with E-state index in [-0.39, 0.29) is 18.6 Å². The minimum atomic E-state index is 0.233. The van der Waals surface area contributed by atoms with Crippen LogP contribution in [0.3, 0.4) is 0 Å². The summed E-state index contributed by atoms with van der Waals surface area (Å²) in [6.45, 7) is 0.977. The van der Waals surface area contributed by atoms with Crippen LogP contribution < -0.4 is 10.6 Å². The van der Waals surface area contributed by atoms with Gasteiger partial charge in [-0.25, -0.2) is 0 Å². The summed E-state index contributed by atoms with van der Waals surface area (Å²) >= 11 is 1.72. The number of rotatable bonds is 6. The van der Waals surface area contributed by atoms with Crippen molar-refractivity contribution in [3.8, 4) is 0 Å². The zero-order chi connectivity index (χ0) is 15.9. The second kappa shape index (κ2) is 8.55. The molecular weight excluding hydrogens is 308 g/mol. The first-order valence-electron chi connectivity index (χ1n) is 8.56. The normalized spacial score (nSPS) is 30.5. The van der Waals surface area contributed by atoms with Gasteiger partial charge < -0.3 is 15.7 Å². The second-order valence-electron chi connectivity index (χ2n) is 6.11. The third-order valence-electron chi connectivity index (χ3n) is 4.39. The molecule has 3 rings (SSSR count). The monoisotopic (exact) mass is 334 g/mol. The van der Waals surface area contributed by atoms with Crippen molar-refractivity contribution < 1.29 is 5.11 Å². The molecule has 0 aromatic heterocycles. The van der Waals surface area contributed by atoms with E-state index in [2.05, 4.69) is 39.9 Å². The van der Waals surface area contributed by atoms with Gasteiger partial charge in [-0.2, -0.15) is 11.8 Å². The molecule has 2 fully saturated rings. The SMILES string of the molecule is OCCSCCN=C1NC(=NC2CCCC2)C2C=CC=CC2N1. The topological polar surface area (TPSA) is 69.0 Å². The third kappa shape index (κ3) is 4.61. The minimum Gasteiger partial charge on any atom is -0.396 e. The highest BCUT2D eigenvalue weighted by molar-refractivity contribution is 7.99. The number of nitrogens with one attached hydrogen (secondary N) is 2. The van der Waals surface area contributed by atoms with Crippen LogP contribution in [0.2, 0.25) is 0 Å². The standard InChI is InChI=1S/C17H26N4OS/c22-10-12-23-11-9-18-17-20-15-8-4-3-7-14(15)16(21-17)19-13-5-1-2-6-13/h3-4,7-8,13-15,22H,1-2,5-6,9-12H2,(H2,18,19,20,21). The largest absolute Gasteiger partial charge is 0.396 e. The molecule has 1 heterocycles. The molecule has 0 spiro atoms. The van der Waals surface area contributed by atoms with Crippen molar-refractivity contribution in [1.82, 2.24) is 10.6 Å². The van der Waals surface area contributed by atoms with Gasteiger partial charge in [0.25, 0.3) is 0 Å². The molecule has 0 bridgehead atoms. The fraction of sp³-hybridized carbons (Fsp3) is 0.647. The molecule has 1 saturated heterocycles. The first-order valence-corrected chi connectivity index (χ1v) is 9.71. The number of fused-ring (bicyclic) bond motifs is 1. The van der Waals surface area contributed by atoms with Gasteiger partial charge in [0.1, 0.15) is 5.84 Å². The van der Waals surface area contributed by atoms with Crippen molar-refractivity contribution in [1.29, 1.82) is 0 Å². The van der Waals surface area contributed by atoms with E-state index in [1.165, 1.54) is 25.7 Å². The third-order valence-corrected chi connectivity index (χ3v) is 5.33. The van der Waals surface area contributed by atoms with Crippen LogP contribution in [-0.4, -0.2) is 53.6 Å². The summed E-state index contributed by atoms with van der Waals surface area (Å²) in [6, 6.07) is 0.710. The van der Waals surface area contributed by atoms with Crippen molar-refractivity contribution in [2.24, 2.45) is 15.9 Å². The smallest absolute Gasteiger partial charge is 0.197 e. The molecule has 6 heteroatoms. The van der Waals surface area contributed by atoms with E-state index < -0.39 is 0 Å². The van der Waals surface area contributed by atoms with Crippen molar-refractivity contribution in [3.63, 3.8) is 0 Å². The van der Waals surface area contributed by atoms with E-state index in [4.69, 9.17) is 10.1 Å². The Labute approximate surface area is 142 Å². The molecule has 126 valence electrons. The Morgan fingerprint density at radius 2 is 2.00 bits per heavy atom. The molecule has 0 aromatic carbocycles. The van der Waals surface area contributed by atoms with Crippen LogP contribution in [0.5, 0.6) is 0 Å². The van der Waals surface area contributed by atoms with Crippen molar-refractivity contribution in [2.45, 2.75) is 37.8 Å². The Bertz CT molecular complexity index is 509. The number of guanidine groups is 1. The van der Waals surface area contributed by atoms with Gasteiger partial charge in [-0.1, -0.05) is 37.1 Å². The summed E-state index contributed by atoms with van der Waals surface area (Å²) in [5.74, 6) is 3.86. The predicted octanol–water partition coefficient (Wildman–Crippen LogP) is 1.71. The Morgan fingerprint density at radius 3 is 2.83 bits per heavy atom. The van der Waals surface area contributed by atoms with E-state index in [0.29, 0.717) is 6.04 Å². The number of amidine groups is 1. The molecular formula is C17H26N4OS. The number of aliphatic hydroxyl groups is 1. The fourth-order valence-corrected chi connectivity index (χ4v) is 3.78. The average molecular weight is 334 g/mol. The maximum absolute atomic E-state index is 8.80. The van der Waals surface area contributed by atoms with Gasteiger partial charge in [0, 0.05) is 11.5 Å². The highest BCUT2D eigenvalue weighted by Gasteiger charge is 2.31. The number of aliphatic hydroxyl groups excluding tert-OH is 1. The summed E-state index contributed by atoms with van der Waals surface area (Å²) in [4.78, 5) is 9.61. The number of nitrogens with zero attached hydrogens (tertiary/aromatic N) is 2. The van der Waals surface area contributed by atoms with E-state index >= 15 is 0 Å². The van der Waals surface area contributed by atoms with E-state index in [1.807, 2.05) is 0 Å². The number of hydrogen-bond acceptors (Lipinski definition) is 4. The first kappa shape index (κ1) is 16.6. The highest BCUT2D eigenvalue weighted by atomic mass is 32.2. The lowest BCUT2D eigenvalue weighted by atomic mass is 9.92. The summed E-state index contributed by atoms with van der Waals surface area (Å²) in [5, 5.41) is 15.7. The number of aliphatic imine (C=N–C) groups is 2. The predicted molar refractivity (Wildman–Crippen MR) is 98.2 cm³/mol. The van der Waals surface area contributed by atoms with Gasteiger partial charge in [-0.15, -0.1) is 0 Å². The summed E-state index contributed by atoms with van der Waals surface area (Å²) in [5.41, 5.74) is 0.